The van der Waals surface area contributed by atoms with Crippen LogP contribution in [0.1, 0.15) is 70.9 Å². The lowest BCUT2D eigenvalue weighted by molar-refractivity contribution is -0.127. The Morgan fingerprint density at radius 3 is 2.12 bits per heavy atom. The maximum Gasteiger partial charge on any atom is 0.411 e. The van der Waals surface area contributed by atoms with Crippen molar-refractivity contribution in [3.05, 3.63) is 71.8 Å². The second kappa shape index (κ2) is 17.2. The molecule has 0 aliphatic carbocycles. The summed E-state index contributed by atoms with van der Waals surface area (Å²) in [6.45, 7) is 7.48. The molecule has 3 N–H and O–H groups in total. The average Bonchev–Trinajstić information content (AvgIpc) is 2.91. The summed E-state index contributed by atoms with van der Waals surface area (Å²) in [5, 5.41) is 15.6. The smallest absolute Gasteiger partial charge is 0.411 e. The van der Waals surface area contributed by atoms with E-state index in [0.29, 0.717) is 6.54 Å². The van der Waals surface area contributed by atoms with Gasteiger partial charge in [-0.3, -0.25) is 9.69 Å². The van der Waals surface area contributed by atoms with Crippen LogP contribution in [0.3, 0.4) is 0 Å². The van der Waals surface area contributed by atoms with Gasteiger partial charge in [0.1, 0.15) is 18.2 Å². The SMILES string of the molecule is CCCCCCNC(=O)[C@H]([C@H](CCO)NC(=O)OC(C)(C)C)N(Cc1ccccc1)C(=O)OCc1ccccc1. The number of aliphatic hydroxyl groups excluding tert-OH is 1. The van der Waals surface area contributed by atoms with Crippen LogP contribution in [0.4, 0.5) is 9.59 Å². The Morgan fingerprint density at radius 2 is 1.55 bits per heavy atom. The van der Waals surface area contributed by atoms with Crippen molar-refractivity contribution in [1.29, 1.82) is 0 Å². The van der Waals surface area contributed by atoms with Gasteiger partial charge in [-0.05, 0) is 44.7 Å². The number of carbonyl (C=O) groups is 3. The number of aliphatic hydroxyl groups is 1. The molecule has 0 aromatic heterocycles. The minimum atomic E-state index is -1.17. The maximum absolute atomic E-state index is 13.7. The molecule has 0 fully saturated rings. The summed E-state index contributed by atoms with van der Waals surface area (Å²) in [6.07, 6.45) is 2.42. The third-order valence-electron chi connectivity index (χ3n) is 6.09. The van der Waals surface area contributed by atoms with Crippen LogP contribution in [0.5, 0.6) is 0 Å². The molecule has 9 nitrogen and oxygen atoms in total. The van der Waals surface area contributed by atoms with Crippen LogP contribution in [-0.4, -0.2) is 58.9 Å². The number of rotatable bonds is 15. The van der Waals surface area contributed by atoms with Gasteiger partial charge in [-0.1, -0.05) is 86.8 Å². The number of benzene rings is 2. The number of hydrogen-bond acceptors (Lipinski definition) is 6. The molecule has 0 heterocycles. The van der Waals surface area contributed by atoms with Gasteiger partial charge in [-0.15, -0.1) is 0 Å². The van der Waals surface area contributed by atoms with Crippen molar-refractivity contribution in [3.8, 4) is 0 Å². The summed E-state index contributed by atoms with van der Waals surface area (Å²) in [5.41, 5.74) is 0.801. The highest BCUT2D eigenvalue weighted by molar-refractivity contribution is 5.87. The molecule has 0 unspecified atom stereocenters. The molecule has 40 heavy (non-hydrogen) atoms. The van der Waals surface area contributed by atoms with Crippen molar-refractivity contribution >= 4 is 18.1 Å². The zero-order chi connectivity index (χ0) is 29.4. The molecule has 2 aromatic carbocycles. The molecule has 2 aromatic rings. The van der Waals surface area contributed by atoms with Gasteiger partial charge in [0, 0.05) is 19.7 Å². The topological polar surface area (TPSA) is 117 Å². The molecule has 220 valence electrons. The van der Waals surface area contributed by atoms with Gasteiger partial charge in [0.05, 0.1) is 6.04 Å². The van der Waals surface area contributed by atoms with Crippen LogP contribution in [0.2, 0.25) is 0 Å². The lowest BCUT2D eigenvalue weighted by Crippen LogP contribution is -2.60. The quantitative estimate of drug-likeness (QED) is 0.261. The number of amides is 3. The summed E-state index contributed by atoms with van der Waals surface area (Å²) in [5.74, 6) is -0.446. The molecule has 0 aliphatic heterocycles. The first-order chi connectivity index (χ1) is 19.1. The number of hydrogen-bond donors (Lipinski definition) is 3. The molecule has 0 aliphatic rings. The van der Waals surface area contributed by atoms with E-state index in [-0.39, 0.29) is 26.2 Å². The second-order valence-corrected chi connectivity index (χ2v) is 10.7. The molecule has 2 atom stereocenters. The van der Waals surface area contributed by atoms with Crippen LogP contribution >= 0.6 is 0 Å². The molecule has 0 radical (unpaired) electrons. The Labute approximate surface area is 238 Å². The zero-order valence-corrected chi connectivity index (χ0v) is 24.2. The van der Waals surface area contributed by atoms with Crippen LogP contribution in [0.15, 0.2) is 60.7 Å². The molecule has 2 rings (SSSR count). The molecule has 0 spiro atoms. The summed E-state index contributed by atoms with van der Waals surface area (Å²) in [4.78, 5) is 41.5. The van der Waals surface area contributed by atoms with Gasteiger partial charge < -0.3 is 25.2 Å². The van der Waals surface area contributed by atoms with E-state index in [4.69, 9.17) is 9.47 Å². The first-order valence-electron chi connectivity index (χ1n) is 14.0. The average molecular weight is 556 g/mol. The molecular formula is C31H45N3O6. The highest BCUT2D eigenvalue weighted by atomic mass is 16.6. The fraction of sp³-hybridized carbons (Fsp3) is 0.516. The zero-order valence-electron chi connectivity index (χ0n) is 24.2. The summed E-state index contributed by atoms with van der Waals surface area (Å²) in [6, 6.07) is 16.4. The van der Waals surface area contributed by atoms with Crippen molar-refractivity contribution < 1.29 is 29.0 Å². The molecule has 9 heteroatoms. The number of ether oxygens (including phenoxy) is 2. The fourth-order valence-electron chi connectivity index (χ4n) is 4.18. The van der Waals surface area contributed by atoms with Crippen molar-refractivity contribution in [2.24, 2.45) is 0 Å². The number of alkyl carbamates (subject to hydrolysis) is 1. The monoisotopic (exact) mass is 555 g/mol. The normalized spacial score (nSPS) is 12.6. The second-order valence-electron chi connectivity index (χ2n) is 10.7. The van der Waals surface area contributed by atoms with Crippen LogP contribution in [0, 0.1) is 0 Å². The van der Waals surface area contributed by atoms with Crippen molar-refractivity contribution in [2.45, 2.75) is 90.6 Å². The first kappa shape index (κ1) is 32.6. The number of unbranched alkanes of at least 4 members (excludes halogenated alkanes) is 3. The lowest BCUT2D eigenvalue weighted by Gasteiger charge is -2.36. The predicted molar refractivity (Wildman–Crippen MR) is 154 cm³/mol. The van der Waals surface area contributed by atoms with E-state index in [2.05, 4.69) is 17.6 Å². The third kappa shape index (κ3) is 12.1. The molecule has 3 amide bonds. The highest BCUT2D eigenvalue weighted by Gasteiger charge is 2.39. The van der Waals surface area contributed by atoms with E-state index in [1.165, 1.54) is 4.90 Å². The summed E-state index contributed by atoms with van der Waals surface area (Å²) >= 11 is 0. The maximum atomic E-state index is 13.7. The van der Waals surface area contributed by atoms with Gasteiger partial charge in [0.15, 0.2) is 0 Å². The molecular weight excluding hydrogens is 510 g/mol. The van der Waals surface area contributed by atoms with Gasteiger partial charge in [-0.25, -0.2) is 9.59 Å². The molecule has 0 saturated carbocycles. The number of carbonyl (C=O) groups excluding carboxylic acids is 3. The largest absolute Gasteiger partial charge is 0.445 e. The van der Waals surface area contributed by atoms with Crippen LogP contribution in [0.25, 0.3) is 0 Å². The van der Waals surface area contributed by atoms with Gasteiger partial charge in [0.25, 0.3) is 0 Å². The van der Waals surface area contributed by atoms with E-state index in [1.807, 2.05) is 60.7 Å². The molecule has 0 saturated heterocycles. The number of nitrogens with zero attached hydrogens (tertiary/aromatic N) is 1. The van der Waals surface area contributed by atoms with Crippen molar-refractivity contribution in [2.75, 3.05) is 13.2 Å². The van der Waals surface area contributed by atoms with Crippen LogP contribution < -0.4 is 10.6 Å². The fourth-order valence-corrected chi connectivity index (χ4v) is 4.18. The Kier molecular flexibility index (Phi) is 14.0. The lowest BCUT2D eigenvalue weighted by atomic mass is 10.0. The number of nitrogens with one attached hydrogen (secondary N) is 2. The minimum Gasteiger partial charge on any atom is -0.445 e. The van der Waals surface area contributed by atoms with E-state index in [1.54, 1.807) is 20.8 Å². The van der Waals surface area contributed by atoms with Gasteiger partial charge in [0.2, 0.25) is 5.91 Å². The Balaban J connectivity index is 2.40. The van der Waals surface area contributed by atoms with E-state index in [9.17, 15) is 19.5 Å². The van der Waals surface area contributed by atoms with Gasteiger partial charge in [-0.2, -0.15) is 0 Å². The van der Waals surface area contributed by atoms with Crippen molar-refractivity contribution in [3.63, 3.8) is 0 Å². The van der Waals surface area contributed by atoms with E-state index in [0.717, 1.165) is 36.8 Å². The summed E-state index contributed by atoms with van der Waals surface area (Å²) in [7, 11) is 0. The Bertz CT molecular complexity index is 1030. The predicted octanol–water partition coefficient (Wildman–Crippen LogP) is 5.17. The standard InChI is InChI=1S/C31H45N3O6/c1-5-6-7-14-20-32-28(36)27(26(19-21-35)33-29(37)40-31(2,3)4)34(22-24-15-10-8-11-16-24)30(38)39-23-25-17-12-9-13-18-25/h8-13,15-18,26-27,35H,5-7,14,19-23H2,1-4H3,(H,32,36)(H,33,37)/t26-,27-/m0/s1. The Morgan fingerprint density at radius 1 is 0.925 bits per heavy atom. The van der Waals surface area contributed by atoms with E-state index >= 15 is 0 Å². The highest BCUT2D eigenvalue weighted by Crippen LogP contribution is 2.18. The van der Waals surface area contributed by atoms with Crippen molar-refractivity contribution in [1.82, 2.24) is 15.5 Å². The Hall–Kier alpha value is -3.59. The molecule has 0 bridgehead atoms. The summed E-state index contributed by atoms with van der Waals surface area (Å²) < 4.78 is 11.1. The minimum absolute atomic E-state index is 0.0144. The third-order valence-corrected chi connectivity index (χ3v) is 6.09. The van der Waals surface area contributed by atoms with E-state index < -0.39 is 35.8 Å². The first-order valence-corrected chi connectivity index (χ1v) is 14.0. The van der Waals surface area contributed by atoms with Crippen LogP contribution in [-0.2, 0) is 27.4 Å². The van der Waals surface area contributed by atoms with Gasteiger partial charge >= 0.3 is 12.2 Å².